The molecule has 0 saturated carbocycles. The van der Waals surface area contributed by atoms with Crippen molar-refractivity contribution in [3.05, 3.63) is 59.2 Å². The van der Waals surface area contributed by atoms with E-state index < -0.39 is 11.7 Å². The van der Waals surface area contributed by atoms with Gasteiger partial charge in [-0.05, 0) is 42.7 Å². The minimum atomic E-state index is -4.41. The number of rotatable bonds is 3. The van der Waals surface area contributed by atoms with Gasteiger partial charge in [-0.1, -0.05) is 16.6 Å². The van der Waals surface area contributed by atoms with Crippen molar-refractivity contribution in [3.8, 4) is 11.3 Å². The molecule has 4 aromatic rings. The molecule has 27 heavy (non-hydrogen) atoms. The number of nitrogens with zero attached hydrogens (tertiary/aromatic N) is 4. The Balaban J connectivity index is 1.67. The van der Waals surface area contributed by atoms with Gasteiger partial charge in [-0.3, -0.25) is 4.98 Å². The summed E-state index contributed by atoms with van der Waals surface area (Å²) in [7, 11) is 0. The molecular weight excluding hydrogens is 375 g/mol. The summed E-state index contributed by atoms with van der Waals surface area (Å²) in [5.41, 5.74) is 2.37. The first kappa shape index (κ1) is 17.3. The number of fused-ring (bicyclic) bond motifs is 1. The van der Waals surface area contributed by atoms with E-state index in [2.05, 4.69) is 24.9 Å². The maximum atomic E-state index is 12.7. The maximum absolute atomic E-state index is 12.7. The van der Waals surface area contributed by atoms with Crippen LogP contribution >= 0.6 is 11.5 Å². The van der Waals surface area contributed by atoms with Gasteiger partial charge < -0.3 is 5.32 Å². The first-order valence-electron chi connectivity index (χ1n) is 7.90. The predicted molar refractivity (Wildman–Crippen MR) is 97.9 cm³/mol. The first-order valence-corrected chi connectivity index (χ1v) is 8.67. The van der Waals surface area contributed by atoms with E-state index in [0.29, 0.717) is 11.5 Å². The van der Waals surface area contributed by atoms with E-state index in [9.17, 15) is 13.2 Å². The quantitative estimate of drug-likeness (QED) is 0.522. The lowest BCUT2D eigenvalue weighted by Gasteiger charge is -2.11. The average Bonchev–Trinajstić information content (AvgIpc) is 3.07. The summed E-state index contributed by atoms with van der Waals surface area (Å²) in [6.07, 6.45) is -1.97. The molecule has 9 heteroatoms. The number of halogens is 3. The SMILES string of the molecule is Cc1snnc1-c1ccc2c(Nc3ccc(C(F)(F)F)cn3)ccnc2c1. The van der Waals surface area contributed by atoms with Crippen molar-refractivity contribution in [2.45, 2.75) is 13.1 Å². The highest BCUT2D eigenvalue weighted by Crippen LogP contribution is 2.31. The molecule has 0 aliphatic carbocycles. The van der Waals surface area contributed by atoms with Gasteiger partial charge in [0.2, 0.25) is 0 Å². The Hall–Kier alpha value is -3.07. The Labute approximate surface area is 156 Å². The Bertz CT molecular complexity index is 1110. The van der Waals surface area contributed by atoms with Crippen LogP contribution in [0.3, 0.4) is 0 Å². The lowest BCUT2D eigenvalue weighted by molar-refractivity contribution is -0.137. The molecule has 136 valence electrons. The zero-order valence-electron chi connectivity index (χ0n) is 13.9. The minimum Gasteiger partial charge on any atom is -0.340 e. The van der Waals surface area contributed by atoms with Gasteiger partial charge in [0.1, 0.15) is 11.5 Å². The van der Waals surface area contributed by atoms with E-state index in [1.165, 1.54) is 17.6 Å². The first-order chi connectivity index (χ1) is 12.9. The van der Waals surface area contributed by atoms with Crippen LogP contribution in [-0.4, -0.2) is 19.6 Å². The Morgan fingerprint density at radius 3 is 2.56 bits per heavy atom. The summed E-state index contributed by atoms with van der Waals surface area (Å²) in [5.74, 6) is 0.319. The summed E-state index contributed by atoms with van der Waals surface area (Å²) in [5, 5.41) is 8.00. The largest absolute Gasteiger partial charge is 0.417 e. The molecule has 0 radical (unpaired) electrons. The highest BCUT2D eigenvalue weighted by Gasteiger charge is 2.30. The van der Waals surface area contributed by atoms with Gasteiger partial charge in [-0.15, -0.1) is 5.10 Å². The molecule has 3 heterocycles. The van der Waals surface area contributed by atoms with Crippen molar-refractivity contribution < 1.29 is 13.2 Å². The van der Waals surface area contributed by atoms with Crippen LogP contribution in [0.15, 0.2) is 48.8 Å². The van der Waals surface area contributed by atoms with E-state index in [-0.39, 0.29) is 0 Å². The van der Waals surface area contributed by atoms with Gasteiger partial charge in [-0.2, -0.15) is 13.2 Å². The molecule has 4 rings (SSSR count). The summed E-state index contributed by atoms with van der Waals surface area (Å²) in [4.78, 5) is 9.24. The molecule has 0 bridgehead atoms. The van der Waals surface area contributed by atoms with E-state index in [0.717, 1.165) is 39.3 Å². The number of aromatic nitrogens is 4. The lowest BCUT2D eigenvalue weighted by Crippen LogP contribution is -2.05. The Morgan fingerprint density at radius 1 is 1.04 bits per heavy atom. The molecule has 0 aliphatic heterocycles. The van der Waals surface area contributed by atoms with Gasteiger partial charge in [0, 0.05) is 23.3 Å². The van der Waals surface area contributed by atoms with Crippen LogP contribution < -0.4 is 5.32 Å². The zero-order valence-corrected chi connectivity index (χ0v) is 14.8. The number of aryl methyl sites for hydroxylation is 1. The number of nitrogens with one attached hydrogen (secondary N) is 1. The van der Waals surface area contributed by atoms with Crippen molar-refractivity contribution in [2.24, 2.45) is 0 Å². The van der Waals surface area contributed by atoms with E-state index in [1.54, 1.807) is 12.3 Å². The smallest absolute Gasteiger partial charge is 0.340 e. The third-order valence-electron chi connectivity index (χ3n) is 4.02. The highest BCUT2D eigenvalue weighted by atomic mass is 32.1. The normalized spacial score (nSPS) is 11.7. The molecule has 0 atom stereocenters. The second kappa shape index (κ2) is 6.58. The van der Waals surface area contributed by atoms with E-state index in [4.69, 9.17) is 0 Å². The summed E-state index contributed by atoms with van der Waals surface area (Å²) in [6.45, 7) is 1.95. The molecule has 5 nitrogen and oxygen atoms in total. The monoisotopic (exact) mass is 387 g/mol. The number of benzene rings is 1. The van der Waals surface area contributed by atoms with Crippen molar-refractivity contribution >= 4 is 33.9 Å². The van der Waals surface area contributed by atoms with Gasteiger partial charge in [0.05, 0.1) is 21.6 Å². The van der Waals surface area contributed by atoms with Crippen LogP contribution in [0.25, 0.3) is 22.2 Å². The number of pyridine rings is 2. The van der Waals surface area contributed by atoms with Crippen LogP contribution in [0, 0.1) is 6.92 Å². The molecule has 3 aromatic heterocycles. The Kier molecular flexibility index (Phi) is 4.23. The summed E-state index contributed by atoms with van der Waals surface area (Å²) >= 11 is 1.33. The maximum Gasteiger partial charge on any atom is 0.417 e. The van der Waals surface area contributed by atoms with Gasteiger partial charge >= 0.3 is 6.18 Å². The highest BCUT2D eigenvalue weighted by molar-refractivity contribution is 7.05. The van der Waals surface area contributed by atoms with E-state index in [1.807, 2.05) is 25.1 Å². The molecule has 0 saturated heterocycles. The fourth-order valence-corrected chi connectivity index (χ4v) is 3.17. The molecule has 1 N–H and O–H groups in total. The fourth-order valence-electron chi connectivity index (χ4n) is 2.67. The molecule has 0 amide bonds. The topological polar surface area (TPSA) is 63.6 Å². The second-order valence-electron chi connectivity index (χ2n) is 5.82. The lowest BCUT2D eigenvalue weighted by atomic mass is 10.1. The van der Waals surface area contributed by atoms with Gasteiger partial charge in [0.15, 0.2) is 0 Å². The van der Waals surface area contributed by atoms with Gasteiger partial charge in [0.25, 0.3) is 0 Å². The van der Waals surface area contributed by atoms with Crippen LogP contribution in [-0.2, 0) is 6.18 Å². The van der Waals surface area contributed by atoms with Crippen LogP contribution in [0.1, 0.15) is 10.4 Å². The number of alkyl halides is 3. The molecule has 0 spiro atoms. The van der Waals surface area contributed by atoms with Crippen molar-refractivity contribution in [2.75, 3.05) is 5.32 Å². The molecule has 0 fully saturated rings. The third kappa shape index (κ3) is 3.45. The molecule has 0 aliphatic rings. The number of hydrogen-bond acceptors (Lipinski definition) is 6. The number of anilines is 2. The minimum absolute atomic E-state index is 0.319. The average molecular weight is 387 g/mol. The fraction of sp³-hybridized carbons (Fsp3) is 0.111. The van der Waals surface area contributed by atoms with Crippen molar-refractivity contribution in [3.63, 3.8) is 0 Å². The van der Waals surface area contributed by atoms with Crippen LogP contribution in [0.4, 0.5) is 24.7 Å². The second-order valence-corrected chi connectivity index (χ2v) is 6.78. The molecule has 0 unspecified atom stereocenters. The summed E-state index contributed by atoms with van der Waals surface area (Å²) < 4.78 is 41.9. The zero-order chi connectivity index (χ0) is 19.0. The molecular formula is C18H12F3N5S. The van der Waals surface area contributed by atoms with Crippen LogP contribution in [0.5, 0.6) is 0 Å². The van der Waals surface area contributed by atoms with E-state index >= 15 is 0 Å². The summed E-state index contributed by atoms with van der Waals surface area (Å²) in [6, 6.07) is 9.76. The standard InChI is InChI=1S/C18H12F3N5S/c1-10-17(25-26-27-10)11-2-4-13-14(6-7-22-15(13)8-11)24-16-5-3-12(9-23-16)18(19,20)21/h2-9H,1H3,(H,22,23,24). The predicted octanol–water partition coefficient (Wildman–Crippen LogP) is 5.22. The Morgan fingerprint density at radius 2 is 1.89 bits per heavy atom. The van der Waals surface area contributed by atoms with Gasteiger partial charge in [-0.25, -0.2) is 4.98 Å². The van der Waals surface area contributed by atoms with Crippen molar-refractivity contribution in [1.29, 1.82) is 0 Å². The number of hydrogen-bond donors (Lipinski definition) is 1. The van der Waals surface area contributed by atoms with Crippen molar-refractivity contribution in [1.82, 2.24) is 19.6 Å². The third-order valence-corrected chi connectivity index (χ3v) is 4.65. The van der Waals surface area contributed by atoms with Crippen LogP contribution in [0.2, 0.25) is 0 Å². The molecule has 1 aromatic carbocycles.